The quantitative estimate of drug-likeness (QED) is 0.558. The van der Waals surface area contributed by atoms with E-state index in [-0.39, 0.29) is 0 Å². The number of pyridine rings is 1. The van der Waals surface area contributed by atoms with Crippen molar-refractivity contribution < 1.29 is 0 Å². The molecule has 0 saturated heterocycles. The van der Waals surface area contributed by atoms with E-state index in [0.29, 0.717) is 21.1 Å². The molecular weight excluding hydrogens is 273 g/mol. The monoisotopic (exact) mass is 283 g/mol. The molecule has 0 saturated carbocycles. The minimum atomic E-state index is 0.313. The lowest BCUT2D eigenvalue weighted by molar-refractivity contribution is 0.636. The molecule has 1 rings (SSSR count). The van der Waals surface area contributed by atoms with E-state index in [0.717, 1.165) is 17.2 Å². The highest BCUT2D eigenvalue weighted by molar-refractivity contribution is 7.99. The third kappa shape index (κ3) is 4.03. The summed E-state index contributed by atoms with van der Waals surface area (Å²) in [5.74, 6) is 1.63. The Labute approximate surface area is 110 Å². The number of rotatable bonds is 4. The van der Waals surface area contributed by atoms with Crippen molar-refractivity contribution in [3.05, 3.63) is 21.3 Å². The molecule has 1 aromatic heterocycles. The van der Waals surface area contributed by atoms with E-state index in [1.807, 2.05) is 0 Å². The zero-order chi connectivity index (χ0) is 11.4. The Kier molecular flexibility index (Phi) is 5.54. The van der Waals surface area contributed by atoms with Crippen LogP contribution < -0.4 is 0 Å². The van der Waals surface area contributed by atoms with Crippen LogP contribution >= 0.6 is 46.6 Å². The number of hydrogen-bond acceptors (Lipinski definition) is 2. The van der Waals surface area contributed by atoms with Crippen LogP contribution in [0.5, 0.6) is 0 Å². The van der Waals surface area contributed by atoms with Gasteiger partial charge in [-0.15, -0.1) is 11.8 Å². The zero-order valence-corrected chi connectivity index (χ0v) is 11.6. The van der Waals surface area contributed by atoms with E-state index < -0.39 is 0 Å². The summed E-state index contributed by atoms with van der Waals surface area (Å²) in [6.07, 6.45) is 1.14. The van der Waals surface area contributed by atoms with Gasteiger partial charge in [0.25, 0.3) is 0 Å². The van der Waals surface area contributed by atoms with Crippen molar-refractivity contribution in [3.63, 3.8) is 0 Å². The minimum Gasteiger partial charge on any atom is -0.227 e. The van der Waals surface area contributed by atoms with E-state index in [2.05, 4.69) is 18.8 Å². The SMILES string of the molecule is CCC(C)CSc1nc(Cl)c(Cl)cc1Cl. The highest BCUT2D eigenvalue weighted by atomic mass is 35.5. The summed E-state index contributed by atoms with van der Waals surface area (Å²) in [5, 5.41) is 2.03. The maximum Gasteiger partial charge on any atom is 0.149 e. The predicted octanol–water partition coefficient (Wildman–Crippen LogP) is 5.18. The van der Waals surface area contributed by atoms with Gasteiger partial charge in [-0.1, -0.05) is 55.1 Å². The maximum absolute atomic E-state index is 6.00. The molecule has 0 bridgehead atoms. The first kappa shape index (κ1) is 13.4. The van der Waals surface area contributed by atoms with Crippen LogP contribution in [0, 0.1) is 5.92 Å². The number of thioether (sulfide) groups is 1. The van der Waals surface area contributed by atoms with Crippen molar-refractivity contribution >= 4 is 46.6 Å². The average molecular weight is 285 g/mol. The molecule has 0 aliphatic carbocycles. The molecule has 1 nitrogen and oxygen atoms in total. The third-order valence-electron chi connectivity index (χ3n) is 2.06. The van der Waals surface area contributed by atoms with Gasteiger partial charge < -0.3 is 0 Å². The van der Waals surface area contributed by atoms with Gasteiger partial charge in [-0.3, -0.25) is 0 Å². The van der Waals surface area contributed by atoms with Gasteiger partial charge in [0.1, 0.15) is 10.2 Å². The molecule has 5 heteroatoms. The molecule has 1 heterocycles. The Balaban J connectivity index is 2.73. The van der Waals surface area contributed by atoms with Crippen molar-refractivity contribution in [2.75, 3.05) is 5.75 Å². The molecule has 0 aliphatic rings. The van der Waals surface area contributed by atoms with Gasteiger partial charge in [0.05, 0.1) is 10.0 Å². The van der Waals surface area contributed by atoms with Crippen LogP contribution in [0.3, 0.4) is 0 Å². The Morgan fingerprint density at radius 1 is 1.33 bits per heavy atom. The smallest absolute Gasteiger partial charge is 0.149 e. The summed E-state index contributed by atoms with van der Waals surface area (Å²) in [7, 11) is 0. The molecule has 0 spiro atoms. The van der Waals surface area contributed by atoms with Gasteiger partial charge in [0.15, 0.2) is 0 Å². The summed E-state index contributed by atoms with van der Waals surface area (Å²) >= 11 is 19.2. The molecule has 15 heavy (non-hydrogen) atoms. The van der Waals surface area contributed by atoms with Gasteiger partial charge in [-0.25, -0.2) is 4.98 Å². The molecule has 1 aromatic rings. The van der Waals surface area contributed by atoms with Gasteiger partial charge >= 0.3 is 0 Å². The molecule has 0 fully saturated rings. The van der Waals surface area contributed by atoms with Crippen molar-refractivity contribution in [1.82, 2.24) is 4.98 Å². The molecule has 1 atom stereocenters. The summed E-state index contributed by atoms with van der Waals surface area (Å²) < 4.78 is 0. The van der Waals surface area contributed by atoms with Gasteiger partial charge in [-0.2, -0.15) is 0 Å². The van der Waals surface area contributed by atoms with Crippen LogP contribution in [0.4, 0.5) is 0 Å². The second-order valence-electron chi connectivity index (χ2n) is 3.37. The molecule has 0 N–H and O–H groups in total. The molecule has 0 aromatic carbocycles. The number of halogens is 3. The molecule has 1 unspecified atom stereocenters. The summed E-state index contributed by atoms with van der Waals surface area (Å²) in [6, 6.07) is 1.64. The van der Waals surface area contributed by atoms with E-state index >= 15 is 0 Å². The Morgan fingerprint density at radius 3 is 2.60 bits per heavy atom. The van der Waals surface area contributed by atoms with Crippen LogP contribution in [-0.2, 0) is 0 Å². The highest BCUT2D eigenvalue weighted by Crippen LogP contribution is 2.32. The first-order chi connectivity index (χ1) is 7.04. The number of nitrogens with zero attached hydrogens (tertiary/aromatic N) is 1. The molecule has 0 radical (unpaired) electrons. The zero-order valence-electron chi connectivity index (χ0n) is 8.56. The third-order valence-corrected chi connectivity index (χ3v) is 4.45. The summed E-state index contributed by atoms with van der Waals surface area (Å²) in [4.78, 5) is 4.14. The summed E-state index contributed by atoms with van der Waals surface area (Å²) in [5.41, 5.74) is 0. The molecular formula is C10H12Cl3NS. The molecule has 84 valence electrons. The van der Waals surface area contributed by atoms with E-state index in [1.165, 1.54) is 0 Å². The van der Waals surface area contributed by atoms with Crippen molar-refractivity contribution in [3.8, 4) is 0 Å². The fourth-order valence-electron chi connectivity index (χ4n) is 0.869. The lowest BCUT2D eigenvalue weighted by atomic mass is 10.2. The number of aromatic nitrogens is 1. The van der Waals surface area contributed by atoms with Crippen LogP contribution in [-0.4, -0.2) is 10.7 Å². The first-order valence-electron chi connectivity index (χ1n) is 4.69. The van der Waals surface area contributed by atoms with Gasteiger partial charge in [-0.05, 0) is 12.0 Å². The topological polar surface area (TPSA) is 12.9 Å². The molecule has 0 amide bonds. The van der Waals surface area contributed by atoms with E-state index in [4.69, 9.17) is 34.8 Å². The van der Waals surface area contributed by atoms with Crippen molar-refractivity contribution in [2.24, 2.45) is 5.92 Å². The van der Waals surface area contributed by atoms with Gasteiger partial charge in [0.2, 0.25) is 0 Å². The Morgan fingerprint density at radius 2 is 2.00 bits per heavy atom. The van der Waals surface area contributed by atoms with Crippen LogP contribution in [0.15, 0.2) is 11.1 Å². The van der Waals surface area contributed by atoms with E-state index in [9.17, 15) is 0 Å². The van der Waals surface area contributed by atoms with Crippen LogP contribution in [0.1, 0.15) is 20.3 Å². The normalized spacial score (nSPS) is 12.9. The Bertz CT molecular complexity index is 344. The fraction of sp³-hybridized carbons (Fsp3) is 0.500. The average Bonchev–Trinajstić information content (AvgIpc) is 2.21. The van der Waals surface area contributed by atoms with Gasteiger partial charge in [0, 0.05) is 5.75 Å². The van der Waals surface area contributed by atoms with Crippen LogP contribution in [0.25, 0.3) is 0 Å². The second kappa shape index (κ2) is 6.19. The largest absolute Gasteiger partial charge is 0.227 e. The van der Waals surface area contributed by atoms with Crippen LogP contribution in [0.2, 0.25) is 15.2 Å². The second-order valence-corrected chi connectivity index (χ2v) is 5.55. The molecule has 0 aliphatic heterocycles. The van der Waals surface area contributed by atoms with E-state index in [1.54, 1.807) is 17.8 Å². The lowest BCUT2D eigenvalue weighted by Gasteiger charge is -2.08. The Hall–Kier alpha value is 0.370. The van der Waals surface area contributed by atoms with Crippen molar-refractivity contribution in [1.29, 1.82) is 0 Å². The fourth-order valence-corrected chi connectivity index (χ4v) is 2.61. The highest BCUT2D eigenvalue weighted by Gasteiger charge is 2.09. The number of hydrogen-bond donors (Lipinski definition) is 0. The lowest BCUT2D eigenvalue weighted by Crippen LogP contribution is -1.96. The first-order valence-corrected chi connectivity index (χ1v) is 6.80. The standard InChI is InChI=1S/C10H12Cl3NS/c1-3-6(2)5-15-10-8(12)4-7(11)9(13)14-10/h4,6H,3,5H2,1-2H3. The maximum atomic E-state index is 6.00. The minimum absolute atomic E-state index is 0.313. The predicted molar refractivity (Wildman–Crippen MR) is 69.4 cm³/mol. The van der Waals surface area contributed by atoms with Crippen molar-refractivity contribution in [2.45, 2.75) is 25.3 Å². The summed E-state index contributed by atoms with van der Waals surface area (Å²) in [6.45, 7) is 4.35.